The van der Waals surface area contributed by atoms with Crippen LogP contribution in [0.3, 0.4) is 0 Å². The van der Waals surface area contributed by atoms with E-state index >= 15 is 0 Å². The monoisotopic (exact) mass is 1930 g/mol. The molecule has 4 fully saturated rings. The average Bonchev–Trinajstić information content (AvgIpc) is 1.65. The number of thiophene rings is 8. The molecule has 682 valence electrons. The fourth-order valence-corrected chi connectivity index (χ4v) is 24.9. The van der Waals surface area contributed by atoms with Gasteiger partial charge in [0.1, 0.15) is 51.8 Å². The Labute approximate surface area is 794 Å². The van der Waals surface area contributed by atoms with Crippen LogP contribution in [0, 0.1) is 27.7 Å². The highest BCUT2D eigenvalue weighted by atomic mass is 32.1. The number of imidazole rings is 1. The number of β-amino-alcohol motifs (C(OH)–C–C–N with tert-alkyl or cyclic N) is 3. The smallest absolute Gasteiger partial charge is 0.264 e. The zero-order chi connectivity index (χ0) is 93.2. The Morgan fingerprint density at radius 3 is 1.17 bits per heavy atom. The minimum absolute atomic E-state index is 0.00187. The maximum atomic E-state index is 13.1. The number of aryl methyl sites for hydroxylation is 5. The Bertz CT molecular complexity index is 7450. The molecule has 4 aliphatic rings. The van der Waals surface area contributed by atoms with Crippen molar-refractivity contribution in [3.05, 3.63) is 215 Å². The van der Waals surface area contributed by atoms with Crippen LogP contribution in [0.5, 0.6) is 46.0 Å². The number of aromatic nitrogens is 6. The van der Waals surface area contributed by atoms with E-state index in [2.05, 4.69) is 30.2 Å². The van der Waals surface area contributed by atoms with E-state index in [1.807, 2.05) is 130 Å². The molecule has 21 rings (SSSR count). The lowest BCUT2D eigenvalue weighted by atomic mass is 10.1. The topological polar surface area (TPSA) is 338 Å². The fraction of sp³-hybridized carbons (Fsp3) is 0.278. The maximum absolute atomic E-state index is 13.1. The van der Waals surface area contributed by atoms with E-state index in [1.54, 1.807) is 191 Å². The van der Waals surface area contributed by atoms with Crippen molar-refractivity contribution in [2.75, 3.05) is 81.6 Å². The van der Waals surface area contributed by atoms with Crippen LogP contribution in [0.2, 0.25) is 0 Å². The van der Waals surface area contributed by atoms with Crippen LogP contribution in [0.15, 0.2) is 159 Å². The van der Waals surface area contributed by atoms with Gasteiger partial charge in [-0.15, -0.1) is 90.7 Å². The van der Waals surface area contributed by atoms with Gasteiger partial charge in [-0.2, -0.15) is 0 Å². The van der Waals surface area contributed by atoms with Gasteiger partial charge >= 0.3 is 0 Å². The highest BCUT2D eigenvalue weighted by Gasteiger charge is 2.36. The van der Waals surface area contributed by atoms with Crippen LogP contribution in [0.25, 0.3) is 91.9 Å². The van der Waals surface area contributed by atoms with Gasteiger partial charge in [0, 0.05) is 209 Å². The lowest BCUT2D eigenvalue weighted by Gasteiger charge is -2.22. The Morgan fingerprint density at radius 1 is 0.421 bits per heavy atom. The van der Waals surface area contributed by atoms with E-state index in [4.69, 9.17) is 18.9 Å². The van der Waals surface area contributed by atoms with E-state index < -0.39 is 18.3 Å². The number of rotatable bonds is 18. The molecular formula is C97H91N13O15S8. The van der Waals surface area contributed by atoms with Gasteiger partial charge in [-0.05, 0) is 157 Å². The summed E-state index contributed by atoms with van der Waals surface area (Å²) in [6, 6.07) is 37.8. The number of carbonyl (C=O) groups is 7. The van der Waals surface area contributed by atoms with Crippen LogP contribution < -0.4 is 24.3 Å². The van der Waals surface area contributed by atoms with Gasteiger partial charge in [-0.25, -0.2) is 4.98 Å². The van der Waals surface area contributed by atoms with E-state index in [1.165, 1.54) is 38.9 Å². The summed E-state index contributed by atoms with van der Waals surface area (Å²) in [6.45, 7) is 9.63. The van der Waals surface area contributed by atoms with Crippen molar-refractivity contribution in [3.8, 4) is 56.7 Å². The first-order valence-electron chi connectivity index (χ1n) is 42.8. The molecule has 4 atom stereocenters. The highest BCUT2D eigenvalue weighted by molar-refractivity contribution is 7.23. The van der Waals surface area contributed by atoms with Crippen LogP contribution in [-0.2, 0) is 7.05 Å². The summed E-state index contributed by atoms with van der Waals surface area (Å²) in [7, 11) is 12.5. The van der Waals surface area contributed by atoms with Crippen molar-refractivity contribution in [1.82, 2.24) is 64.2 Å². The van der Waals surface area contributed by atoms with Crippen molar-refractivity contribution in [2.45, 2.75) is 90.2 Å². The van der Waals surface area contributed by atoms with Crippen LogP contribution >= 0.6 is 90.7 Å². The average molecular weight is 1940 g/mol. The predicted octanol–water partition coefficient (Wildman–Crippen LogP) is 18.8. The molecule has 3 saturated heterocycles. The van der Waals surface area contributed by atoms with Gasteiger partial charge in [-0.1, -0.05) is 0 Å². The molecule has 1 aliphatic carbocycles. The van der Waals surface area contributed by atoms with Crippen molar-refractivity contribution < 1.29 is 72.9 Å². The standard InChI is InChI=1S/C26H25N3O4S2.C24H23N3O5S2.C24H23N3O4S2.C23H20N4O2S2/c1-14-23(25(31)28-15-4-5-15)18-7-6-17(11-21(18)34-14)33-20-8-9-27-19-12-22(35-24(19)20)26(32)29-10-2-3-16(29)13-30;1-12-21(24(31)26(2)3)14-5-4-13(8-19(14)33-12)32-18-6-7-25-15-9-20(34-22(15)18)23(30)27-10-16(28)17(29)11-27;1-13-21(24(30)26(2)3)16-5-4-15(10-19(16)32-13)31-18-6-8-25-17-11-20(33-22(17)18)23(29)27-9-7-14(28)12-27;1-13-20(23(28)26(2)3)15-6-5-14(11-18(15)30-13)29-17-7-8-24-16-12-19(31-21(16)17)22-25-9-10-27(22)4/h6-9,11-12,15-16,30H,2-5,10,13H2,1H3,(H,28,31);4-9,16-17,28-29H,10-11H2,1-3H3;4-6,8,10-11,14,28H,7,9,12H2,1-3H3;5-12H,1-4H3/t16-;16-,17+;14-;/m0.1./s1. The Kier molecular flexibility index (Phi) is 26.1. The predicted molar refractivity (Wildman–Crippen MR) is 527 cm³/mol. The van der Waals surface area contributed by atoms with E-state index in [-0.39, 0.29) is 67.1 Å². The summed E-state index contributed by atoms with van der Waals surface area (Å²) < 4.78 is 34.2. The summed E-state index contributed by atoms with van der Waals surface area (Å²) in [5, 5.41) is 45.7. The molecule has 28 nitrogen and oxygen atoms in total. The number of aliphatic hydroxyl groups excluding tert-OH is 4. The van der Waals surface area contributed by atoms with Gasteiger partial charge < -0.3 is 78.7 Å². The SMILES string of the molecule is Cc1sc2cc(Oc3ccnc4cc(-c5nccn5C)sc34)ccc2c1C(=O)N(C)C.Cc1sc2cc(Oc3ccnc4cc(C(=O)N5CCC[C@H]5CO)sc34)ccc2c1C(=O)NC1CC1.Cc1sc2cc(Oc3ccnc4cc(C(=O)N5CC[C@@H](O)C5)sc34)ccc2c1C(=O)N(C)C.Cc1sc2cc(Oc3ccnc4cc(C(=O)N5C[C@@H](O)[C@@H](O)C5)sc34)ccc2c1C(=O)N(C)C. The second-order valence-electron chi connectivity index (χ2n) is 33.4. The normalized spacial score (nSPS) is 15.9. The number of aliphatic hydroxyl groups is 4. The number of ether oxygens (including phenoxy) is 4. The van der Waals surface area contributed by atoms with Gasteiger partial charge in [0.2, 0.25) is 0 Å². The van der Waals surface area contributed by atoms with Crippen molar-refractivity contribution in [1.29, 1.82) is 0 Å². The molecule has 16 heterocycles. The van der Waals surface area contributed by atoms with Gasteiger partial charge in [0.05, 0.1) is 114 Å². The molecule has 7 amide bonds. The number of amides is 7. The quantitative estimate of drug-likeness (QED) is 0.0533. The van der Waals surface area contributed by atoms with Crippen molar-refractivity contribution >= 4 is 213 Å². The number of hydrogen-bond donors (Lipinski definition) is 5. The molecule has 0 bridgehead atoms. The summed E-state index contributed by atoms with van der Waals surface area (Å²) in [5.74, 6) is 5.76. The first kappa shape index (κ1) is 91.2. The summed E-state index contributed by atoms with van der Waals surface area (Å²) >= 11 is 11.9. The number of carbonyl (C=O) groups excluding carboxylic acids is 7. The summed E-state index contributed by atoms with van der Waals surface area (Å²) in [5.41, 5.74) is 5.88. The molecule has 3 aliphatic heterocycles. The Hall–Kier alpha value is -12.3. The van der Waals surface area contributed by atoms with E-state index in [0.717, 1.165) is 149 Å². The lowest BCUT2D eigenvalue weighted by molar-refractivity contribution is 0.0572. The number of hydrogen-bond acceptors (Lipinski definition) is 28. The fourth-order valence-electron chi connectivity index (χ4n) is 16.4. The van der Waals surface area contributed by atoms with Gasteiger partial charge in [-0.3, -0.25) is 53.5 Å². The molecule has 0 unspecified atom stereocenters. The first-order valence-corrected chi connectivity index (χ1v) is 49.4. The van der Waals surface area contributed by atoms with Crippen molar-refractivity contribution in [2.24, 2.45) is 7.05 Å². The number of benzene rings is 4. The van der Waals surface area contributed by atoms with Gasteiger partial charge in [0.25, 0.3) is 41.4 Å². The molecule has 1 saturated carbocycles. The van der Waals surface area contributed by atoms with E-state index in [0.29, 0.717) is 103 Å². The minimum Gasteiger partial charge on any atom is -0.456 e. The molecule has 13 aromatic heterocycles. The zero-order valence-electron chi connectivity index (χ0n) is 74.1. The molecule has 5 N–H and O–H groups in total. The number of fused-ring (bicyclic) bond motifs is 8. The Morgan fingerprint density at radius 2 is 0.797 bits per heavy atom. The third-order valence-electron chi connectivity index (χ3n) is 23.3. The molecule has 17 aromatic rings. The minimum atomic E-state index is -0.931. The van der Waals surface area contributed by atoms with Crippen molar-refractivity contribution in [3.63, 3.8) is 0 Å². The second-order valence-corrected chi connectivity index (χ2v) is 42.7. The highest BCUT2D eigenvalue weighted by Crippen LogP contribution is 2.46. The summed E-state index contributed by atoms with van der Waals surface area (Å²) in [4.78, 5) is 128. The molecule has 133 heavy (non-hydrogen) atoms. The van der Waals surface area contributed by atoms with Crippen LogP contribution in [-0.4, -0.2) is 233 Å². The number of pyridine rings is 4. The second kappa shape index (κ2) is 38.0. The van der Waals surface area contributed by atoms with Crippen LogP contribution in [0.1, 0.15) is 122 Å². The van der Waals surface area contributed by atoms with E-state index in [9.17, 15) is 54.0 Å². The molecular weight excluding hydrogens is 1840 g/mol. The molecule has 0 radical (unpaired) electrons. The largest absolute Gasteiger partial charge is 0.456 e. The number of nitrogens with one attached hydrogen (secondary N) is 1. The zero-order valence-corrected chi connectivity index (χ0v) is 80.6. The molecule has 36 heteroatoms. The lowest BCUT2D eigenvalue weighted by Crippen LogP contribution is -2.37. The Balaban J connectivity index is 0.000000119. The van der Waals surface area contributed by atoms with Gasteiger partial charge in [0.15, 0.2) is 0 Å². The number of nitrogens with zero attached hydrogens (tertiary/aromatic N) is 12. The molecule has 4 aromatic carbocycles. The molecule has 0 spiro atoms. The maximum Gasteiger partial charge on any atom is 0.264 e. The summed E-state index contributed by atoms with van der Waals surface area (Å²) in [6.07, 6.45) is 12.6. The third kappa shape index (κ3) is 18.7. The van der Waals surface area contributed by atoms with Crippen LogP contribution in [0.4, 0.5) is 0 Å². The number of likely N-dealkylation sites (tertiary alicyclic amines) is 3. The first-order chi connectivity index (χ1) is 64.0. The third-order valence-corrected chi connectivity index (χ3v) is 32.1.